The maximum absolute atomic E-state index is 12.2. The molecule has 0 aliphatic carbocycles. The Morgan fingerprint density at radius 3 is 2.35 bits per heavy atom. The molecule has 0 aliphatic rings. The van der Waals surface area contributed by atoms with Gasteiger partial charge >= 0.3 is 11.6 Å². The van der Waals surface area contributed by atoms with E-state index in [9.17, 15) is 4.79 Å². The molecule has 0 radical (unpaired) electrons. The minimum absolute atomic E-state index is 0.0610. The number of methoxy groups -OCH3 is 3. The van der Waals surface area contributed by atoms with E-state index >= 15 is 0 Å². The highest BCUT2D eigenvalue weighted by Crippen LogP contribution is 2.29. The summed E-state index contributed by atoms with van der Waals surface area (Å²) in [5.74, 6) is 2.59. The van der Waals surface area contributed by atoms with Gasteiger partial charge in [0.2, 0.25) is 11.9 Å². The molecular weight excluding hydrogens is 572 g/mol. The van der Waals surface area contributed by atoms with Crippen LogP contribution in [0, 0.1) is 0 Å². The predicted molar refractivity (Wildman–Crippen MR) is 167 cm³/mol. The molecular formula is C30H28N6O6S. The van der Waals surface area contributed by atoms with Gasteiger partial charge in [-0.25, -0.2) is 4.79 Å². The maximum Gasteiger partial charge on any atom is 0.339 e. The number of ether oxygens (including phenoxy) is 4. The highest BCUT2D eigenvalue weighted by molar-refractivity contribution is 7.80. The molecule has 3 aromatic carbocycles. The number of hydrogen-bond acceptors (Lipinski definition) is 11. The molecule has 43 heavy (non-hydrogen) atoms. The van der Waals surface area contributed by atoms with Gasteiger partial charge in [-0.1, -0.05) is 18.2 Å². The molecule has 0 amide bonds. The van der Waals surface area contributed by atoms with Crippen LogP contribution in [0.15, 0.2) is 82.0 Å². The Hall–Kier alpha value is -5.43. The van der Waals surface area contributed by atoms with Crippen LogP contribution >= 0.6 is 12.2 Å². The van der Waals surface area contributed by atoms with Crippen molar-refractivity contribution in [3.8, 4) is 29.0 Å². The number of nitrogens with one attached hydrogen (secondary N) is 3. The van der Waals surface area contributed by atoms with Gasteiger partial charge in [0.25, 0.3) is 0 Å². The van der Waals surface area contributed by atoms with Gasteiger partial charge < -0.3 is 39.3 Å². The third kappa shape index (κ3) is 7.45. The quantitative estimate of drug-likeness (QED) is 0.134. The first kappa shape index (κ1) is 29.1. The van der Waals surface area contributed by atoms with E-state index in [1.165, 1.54) is 6.07 Å². The van der Waals surface area contributed by atoms with Gasteiger partial charge in [-0.05, 0) is 72.7 Å². The normalized spacial score (nSPS) is 10.6. The monoisotopic (exact) mass is 600 g/mol. The van der Waals surface area contributed by atoms with Crippen molar-refractivity contribution in [3.05, 3.63) is 88.8 Å². The van der Waals surface area contributed by atoms with Crippen molar-refractivity contribution in [1.29, 1.82) is 0 Å². The lowest BCUT2D eigenvalue weighted by atomic mass is 10.1. The van der Waals surface area contributed by atoms with Crippen LogP contribution in [-0.4, -0.2) is 47.9 Å². The Balaban J connectivity index is 1.37. The average molecular weight is 601 g/mol. The Labute approximate surface area is 252 Å². The van der Waals surface area contributed by atoms with Crippen molar-refractivity contribution in [1.82, 2.24) is 15.0 Å². The summed E-state index contributed by atoms with van der Waals surface area (Å²) in [4.78, 5) is 25.4. The zero-order chi connectivity index (χ0) is 30.2. The maximum atomic E-state index is 12.2. The van der Waals surface area contributed by atoms with Crippen LogP contribution in [0.4, 0.5) is 17.6 Å². The van der Waals surface area contributed by atoms with Crippen molar-refractivity contribution in [2.45, 2.75) is 6.42 Å². The van der Waals surface area contributed by atoms with Crippen LogP contribution in [0.5, 0.6) is 29.0 Å². The Bertz CT molecular complexity index is 1800. The van der Waals surface area contributed by atoms with Gasteiger partial charge in [0.1, 0.15) is 17.1 Å². The summed E-state index contributed by atoms with van der Waals surface area (Å²) in [6.07, 6.45) is 0.632. The molecule has 0 fully saturated rings. The molecule has 5 rings (SSSR count). The van der Waals surface area contributed by atoms with Crippen molar-refractivity contribution in [2.75, 3.05) is 43.8 Å². The van der Waals surface area contributed by atoms with Crippen LogP contribution in [0.25, 0.3) is 11.0 Å². The first-order valence-electron chi connectivity index (χ1n) is 13.1. The van der Waals surface area contributed by atoms with Gasteiger partial charge in [0, 0.05) is 12.2 Å². The molecule has 12 nitrogen and oxygen atoms in total. The molecule has 0 saturated heterocycles. The molecule has 0 saturated carbocycles. The second kappa shape index (κ2) is 13.5. The summed E-state index contributed by atoms with van der Waals surface area (Å²) in [5.41, 5.74) is 1.55. The number of nitrogens with zero attached hydrogens (tertiary/aromatic N) is 3. The Kier molecular flexibility index (Phi) is 9.12. The molecule has 5 aromatic rings. The number of aromatic nitrogens is 3. The fourth-order valence-corrected chi connectivity index (χ4v) is 4.30. The van der Waals surface area contributed by atoms with E-state index in [-0.39, 0.29) is 28.8 Å². The largest absolute Gasteiger partial charge is 0.497 e. The van der Waals surface area contributed by atoms with Gasteiger partial charge in [0.15, 0.2) is 16.6 Å². The molecule has 0 atom stereocenters. The highest BCUT2D eigenvalue weighted by Gasteiger charge is 2.14. The number of benzene rings is 3. The van der Waals surface area contributed by atoms with Gasteiger partial charge in [-0.2, -0.15) is 15.0 Å². The summed E-state index contributed by atoms with van der Waals surface area (Å²) >= 11 is 5.48. The molecule has 2 aromatic heterocycles. The predicted octanol–water partition coefficient (Wildman–Crippen LogP) is 5.26. The second-order valence-electron chi connectivity index (χ2n) is 8.97. The van der Waals surface area contributed by atoms with Gasteiger partial charge in [-0.15, -0.1) is 0 Å². The second-order valence-corrected chi connectivity index (χ2v) is 9.38. The molecule has 0 spiro atoms. The van der Waals surface area contributed by atoms with E-state index in [1.54, 1.807) is 57.7 Å². The molecule has 0 aliphatic heterocycles. The molecule has 3 N–H and O–H groups in total. The number of hydrogen-bond donors (Lipinski definition) is 3. The van der Waals surface area contributed by atoms with Crippen LogP contribution in [0.1, 0.15) is 5.56 Å². The third-order valence-electron chi connectivity index (χ3n) is 6.15. The lowest BCUT2D eigenvalue weighted by Crippen LogP contribution is -2.21. The third-order valence-corrected chi connectivity index (χ3v) is 6.35. The van der Waals surface area contributed by atoms with Crippen LogP contribution in [-0.2, 0) is 6.42 Å². The number of thiocarbonyl (C=S) groups is 1. The minimum atomic E-state index is -0.570. The summed E-state index contributed by atoms with van der Waals surface area (Å²) in [5, 5.41) is 10.1. The van der Waals surface area contributed by atoms with Crippen LogP contribution in [0.3, 0.4) is 0 Å². The summed E-state index contributed by atoms with van der Waals surface area (Å²) in [7, 11) is 4.78. The zero-order valence-electron chi connectivity index (χ0n) is 23.5. The molecule has 13 heteroatoms. The number of rotatable bonds is 11. The average Bonchev–Trinajstić information content (AvgIpc) is 3.01. The highest BCUT2D eigenvalue weighted by atomic mass is 32.1. The first-order chi connectivity index (χ1) is 20.9. The van der Waals surface area contributed by atoms with Gasteiger partial charge in [0.05, 0.1) is 32.8 Å². The van der Waals surface area contributed by atoms with Crippen molar-refractivity contribution < 1.29 is 23.4 Å². The molecule has 0 unspecified atom stereocenters. The lowest BCUT2D eigenvalue weighted by Gasteiger charge is -2.13. The minimum Gasteiger partial charge on any atom is -0.497 e. The van der Waals surface area contributed by atoms with Crippen molar-refractivity contribution in [2.24, 2.45) is 0 Å². The topological polar surface area (TPSA) is 142 Å². The molecule has 2 heterocycles. The van der Waals surface area contributed by atoms with E-state index in [1.807, 2.05) is 30.3 Å². The van der Waals surface area contributed by atoms with E-state index in [0.717, 1.165) is 17.0 Å². The summed E-state index contributed by atoms with van der Waals surface area (Å²) < 4.78 is 27.2. The SMILES string of the molecule is COc1ccc(NC(=S)Nc2nc(NCCc3ccc(OC)c(OC)c3)nc(Oc3cc(=O)oc4ccccc34)n2)cc1. The lowest BCUT2D eigenvalue weighted by molar-refractivity contribution is 0.354. The summed E-state index contributed by atoms with van der Waals surface area (Å²) in [6.45, 7) is 0.477. The van der Waals surface area contributed by atoms with Crippen molar-refractivity contribution in [3.63, 3.8) is 0 Å². The smallest absolute Gasteiger partial charge is 0.339 e. The fourth-order valence-electron chi connectivity index (χ4n) is 4.09. The van der Waals surface area contributed by atoms with E-state index in [4.69, 9.17) is 35.6 Å². The van der Waals surface area contributed by atoms with E-state index in [0.29, 0.717) is 35.4 Å². The fraction of sp³-hybridized carbons (Fsp3) is 0.167. The number of anilines is 3. The molecule has 0 bridgehead atoms. The Morgan fingerprint density at radius 2 is 1.58 bits per heavy atom. The van der Waals surface area contributed by atoms with E-state index in [2.05, 4.69) is 30.9 Å². The van der Waals surface area contributed by atoms with Crippen molar-refractivity contribution >= 4 is 45.9 Å². The standard InChI is InChI=1S/C30H28N6O6S/c1-38-20-11-9-19(10-12-20)32-30(43)36-28-33-27(31-15-14-18-8-13-23(39-2)25(16-18)40-3)34-29(35-28)42-24-17-26(37)41-22-7-5-4-6-21(22)24/h4-13,16-17H,14-15H2,1-3H3,(H3,31,32,33,34,35,36,43). The zero-order valence-corrected chi connectivity index (χ0v) is 24.4. The Morgan fingerprint density at radius 1 is 0.814 bits per heavy atom. The molecule has 220 valence electrons. The summed E-state index contributed by atoms with van der Waals surface area (Å²) in [6, 6.07) is 21.1. The van der Waals surface area contributed by atoms with Crippen LogP contribution in [0.2, 0.25) is 0 Å². The first-order valence-corrected chi connectivity index (χ1v) is 13.5. The van der Waals surface area contributed by atoms with Gasteiger partial charge in [-0.3, -0.25) is 0 Å². The van der Waals surface area contributed by atoms with Crippen LogP contribution < -0.4 is 40.5 Å². The number of para-hydroxylation sites is 1. The van der Waals surface area contributed by atoms with E-state index < -0.39 is 5.63 Å². The number of fused-ring (bicyclic) bond motifs is 1.